The first-order valence-corrected chi connectivity index (χ1v) is 10.4. The van der Waals surface area contributed by atoms with Crippen LogP contribution in [0.1, 0.15) is 37.7 Å². The second-order valence-corrected chi connectivity index (χ2v) is 7.94. The summed E-state index contributed by atoms with van der Waals surface area (Å²) in [6, 6.07) is 12.3. The number of ether oxygens (including phenoxy) is 1. The Hall–Kier alpha value is -3.42. The van der Waals surface area contributed by atoms with Crippen molar-refractivity contribution in [1.82, 2.24) is 15.5 Å². The number of imide groups is 1. The third-order valence-electron chi connectivity index (χ3n) is 5.72. The molecule has 2 aromatic carbocycles. The molecule has 2 aromatic rings. The highest BCUT2D eigenvalue weighted by atomic mass is 19.1. The molecule has 8 heteroatoms. The molecular formula is C23H24FN3O4. The molecule has 1 saturated heterocycles. The van der Waals surface area contributed by atoms with E-state index in [2.05, 4.69) is 10.6 Å². The molecule has 0 atom stereocenters. The zero-order valence-corrected chi connectivity index (χ0v) is 17.0. The zero-order valence-electron chi connectivity index (χ0n) is 17.0. The second-order valence-electron chi connectivity index (χ2n) is 7.94. The van der Waals surface area contributed by atoms with Crippen LogP contribution in [0.25, 0.3) is 0 Å². The molecule has 1 heterocycles. The summed E-state index contributed by atoms with van der Waals surface area (Å²) in [7, 11) is 0. The number of nitrogens with zero attached hydrogens (tertiary/aromatic N) is 1. The fraction of sp³-hybridized carbons (Fsp3) is 0.348. The first kappa shape index (κ1) is 20.8. The number of rotatable bonds is 6. The van der Waals surface area contributed by atoms with Gasteiger partial charge in [0.1, 0.15) is 29.4 Å². The Bertz CT molecular complexity index is 969. The number of carbonyl (C=O) groups excluding carboxylic acids is 3. The molecule has 2 N–H and O–H groups in total. The fourth-order valence-corrected chi connectivity index (χ4v) is 4.03. The van der Waals surface area contributed by atoms with E-state index in [1.807, 2.05) is 0 Å². The maximum atomic E-state index is 13.0. The number of nitrogens with one attached hydrogen (secondary N) is 2. The van der Waals surface area contributed by atoms with E-state index in [4.69, 9.17) is 4.74 Å². The number of urea groups is 1. The third kappa shape index (κ3) is 4.68. The number of hydrogen-bond donors (Lipinski definition) is 2. The fourth-order valence-electron chi connectivity index (χ4n) is 4.03. The Labute approximate surface area is 179 Å². The number of carbonyl (C=O) groups is 3. The number of hydrogen-bond acceptors (Lipinski definition) is 4. The smallest absolute Gasteiger partial charge is 0.325 e. The normalized spacial score (nSPS) is 17.5. The van der Waals surface area contributed by atoms with Gasteiger partial charge in [0.2, 0.25) is 5.91 Å². The zero-order chi connectivity index (χ0) is 21.8. The maximum absolute atomic E-state index is 13.0. The van der Waals surface area contributed by atoms with Crippen LogP contribution in [0.5, 0.6) is 11.5 Å². The molecule has 162 valence electrons. The van der Waals surface area contributed by atoms with Gasteiger partial charge >= 0.3 is 6.03 Å². The minimum absolute atomic E-state index is 0.254. The number of amides is 4. The van der Waals surface area contributed by atoms with Gasteiger partial charge in [0.25, 0.3) is 5.91 Å². The van der Waals surface area contributed by atoms with Crippen molar-refractivity contribution in [2.45, 2.75) is 44.2 Å². The van der Waals surface area contributed by atoms with Crippen molar-refractivity contribution < 1.29 is 23.5 Å². The summed E-state index contributed by atoms with van der Waals surface area (Å²) >= 11 is 0. The Balaban J connectivity index is 1.28. The maximum Gasteiger partial charge on any atom is 0.325 e. The van der Waals surface area contributed by atoms with E-state index in [1.165, 1.54) is 24.3 Å². The Morgan fingerprint density at radius 3 is 2.26 bits per heavy atom. The van der Waals surface area contributed by atoms with Crippen molar-refractivity contribution in [3.05, 3.63) is 59.9 Å². The number of halogens is 1. The van der Waals surface area contributed by atoms with Gasteiger partial charge in [0.15, 0.2) is 0 Å². The molecule has 0 unspecified atom stereocenters. The van der Waals surface area contributed by atoms with Crippen LogP contribution in [0.2, 0.25) is 0 Å². The standard InChI is InChI=1S/C23H24FN3O4/c24-17-6-10-19(11-7-17)31-18-8-4-16(5-9-18)14-25-20(28)15-27-21(29)23(26-22(27)30)12-2-1-3-13-23/h4-11H,1-3,12-15H2,(H,25,28)(H,26,30). The summed E-state index contributed by atoms with van der Waals surface area (Å²) in [5.41, 5.74) is 0.0106. The summed E-state index contributed by atoms with van der Waals surface area (Å²) < 4.78 is 18.6. The van der Waals surface area contributed by atoms with Gasteiger partial charge in [0, 0.05) is 6.54 Å². The van der Waals surface area contributed by atoms with Crippen LogP contribution in [0, 0.1) is 5.82 Å². The lowest BCUT2D eigenvalue weighted by Gasteiger charge is -2.30. The Morgan fingerprint density at radius 2 is 1.61 bits per heavy atom. The monoisotopic (exact) mass is 425 g/mol. The molecule has 31 heavy (non-hydrogen) atoms. The van der Waals surface area contributed by atoms with E-state index in [9.17, 15) is 18.8 Å². The molecule has 1 aliphatic heterocycles. The van der Waals surface area contributed by atoms with Gasteiger partial charge in [-0.2, -0.15) is 0 Å². The molecule has 1 spiro atoms. The molecule has 0 bridgehead atoms. The highest BCUT2D eigenvalue weighted by molar-refractivity contribution is 6.09. The largest absolute Gasteiger partial charge is 0.457 e. The van der Waals surface area contributed by atoms with Crippen LogP contribution in [-0.2, 0) is 16.1 Å². The van der Waals surface area contributed by atoms with Gasteiger partial charge in [-0.3, -0.25) is 14.5 Å². The lowest BCUT2D eigenvalue weighted by atomic mass is 9.82. The third-order valence-corrected chi connectivity index (χ3v) is 5.72. The van der Waals surface area contributed by atoms with Crippen molar-refractivity contribution in [2.24, 2.45) is 0 Å². The summed E-state index contributed by atoms with van der Waals surface area (Å²) in [5, 5.41) is 5.54. The van der Waals surface area contributed by atoms with Crippen LogP contribution < -0.4 is 15.4 Å². The first-order valence-electron chi connectivity index (χ1n) is 10.4. The van der Waals surface area contributed by atoms with Crippen LogP contribution in [-0.4, -0.2) is 34.8 Å². The first-order chi connectivity index (χ1) is 14.9. The Kier molecular flexibility index (Phi) is 5.88. The molecule has 4 rings (SSSR count). The molecule has 7 nitrogen and oxygen atoms in total. The van der Waals surface area contributed by atoms with Crippen LogP contribution in [0.15, 0.2) is 48.5 Å². The predicted molar refractivity (Wildman–Crippen MR) is 111 cm³/mol. The van der Waals surface area contributed by atoms with Crippen LogP contribution >= 0.6 is 0 Å². The highest BCUT2D eigenvalue weighted by Crippen LogP contribution is 2.33. The Morgan fingerprint density at radius 1 is 1.00 bits per heavy atom. The minimum atomic E-state index is -0.823. The van der Waals surface area contributed by atoms with Crippen LogP contribution in [0.4, 0.5) is 9.18 Å². The molecule has 2 fully saturated rings. The summed E-state index contributed by atoms with van der Waals surface area (Å²) in [4.78, 5) is 38.3. The van der Waals surface area contributed by atoms with E-state index in [-0.39, 0.29) is 24.8 Å². The van der Waals surface area contributed by atoms with Crippen molar-refractivity contribution in [3.8, 4) is 11.5 Å². The SMILES string of the molecule is O=C(CN1C(=O)NC2(CCCCC2)C1=O)NCc1ccc(Oc2ccc(F)cc2)cc1. The summed E-state index contributed by atoms with van der Waals surface area (Å²) in [5.74, 6) is 0.0728. The van der Waals surface area contributed by atoms with Crippen molar-refractivity contribution >= 4 is 17.8 Å². The average Bonchev–Trinajstić information content (AvgIpc) is 2.99. The lowest BCUT2D eigenvalue weighted by molar-refractivity contribution is -0.135. The highest BCUT2D eigenvalue weighted by Gasteiger charge is 2.51. The van der Waals surface area contributed by atoms with Gasteiger partial charge in [0.05, 0.1) is 0 Å². The minimum Gasteiger partial charge on any atom is -0.457 e. The molecule has 0 aromatic heterocycles. The van der Waals surface area contributed by atoms with Gasteiger partial charge in [-0.05, 0) is 54.8 Å². The second kappa shape index (κ2) is 8.75. The van der Waals surface area contributed by atoms with Crippen molar-refractivity contribution in [2.75, 3.05) is 6.54 Å². The summed E-state index contributed by atoms with van der Waals surface area (Å²) in [6.45, 7) is -0.0391. The van der Waals surface area contributed by atoms with Gasteiger partial charge in [-0.1, -0.05) is 31.4 Å². The predicted octanol–water partition coefficient (Wildman–Crippen LogP) is 3.49. The van der Waals surface area contributed by atoms with E-state index in [1.54, 1.807) is 24.3 Å². The van der Waals surface area contributed by atoms with Crippen molar-refractivity contribution in [1.29, 1.82) is 0 Å². The van der Waals surface area contributed by atoms with Crippen LogP contribution in [0.3, 0.4) is 0 Å². The topological polar surface area (TPSA) is 87.7 Å². The van der Waals surface area contributed by atoms with E-state index in [0.717, 1.165) is 29.7 Å². The van der Waals surface area contributed by atoms with E-state index in [0.29, 0.717) is 24.3 Å². The van der Waals surface area contributed by atoms with Gasteiger partial charge in [-0.25, -0.2) is 9.18 Å². The van der Waals surface area contributed by atoms with Crippen molar-refractivity contribution in [3.63, 3.8) is 0 Å². The summed E-state index contributed by atoms with van der Waals surface area (Å²) in [6.07, 6.45) is 4.10. The molecule has 0 radical (unpaired) electrons. The quantitative estimate of drug-likeness (QED) is 0.694. The molecule has 1 aliphatic carbocycles. The van der Waals surface area contributed by atoms with E-state index < -0.39 is 17.5 Å². The molecular weight excluding hydrogens is 401 g/mol. The molecule has 4 amide bonds. The van der Waals surface area contributed by atoms with Gasteiger partial charge in [-0.15, -0.1) is 0 Å². The molecule has 2 aliphatic rings. The number of benzene rings is 2. The average molecular weight is 425 g/mol. The lowest BCUT2D eigenvalue weighted by Crippen LogP contribution is -2.49. The van der Waals surface area contributed by atoms with Gasteiger partial charge < -0.3 is 15.4 Å². The van der Waals surface area contributed by atoms with E-state index >= 15 is 0 Å². The molecule has 1 saturated carbocycles.